The lowest BCUT2D eigenvalue weighted by Crippen LogP contribution is -2.20. The Hall–Kier alpha value is -3.50. The number of hydrogen-bond donors (Lipinski definition) is 1. The maximum absolute atomic E-state index is 12.8. The number of alkyl halides is 3. The molecule has 1 aliphatic heterocycles. The molecule has 1 aromatic carbocycles. The van der Waals surface area contributed by atoms with Gasteiger partial charge < -0.3 is 14.6 Å². The average molecular weight is 477 g/mol. The Morgan fingerprint density at radius 3 is 2.64 bits per heavy atom. The van der Waals surface area contributed by atoms with Crippen LogP contribution < -0.4 is 20.7 Å². The van der Waals surface area contributed by atoms with Crippen LogP contribution in [0.25, 0.3) is 11.1 Å². The molecule has 0 spiro atoms. The maximum Gasteiger partial charge on any atom is 0.487 e. The second kappa shape index (κ2) is 9.16. The molecule has 172 valence electrons. The molecule has 0 bridgehead atoms. The zero-order chi connectivity index (χ0) is 23.6. The van der Waals surface area contributed by atoms with Crippen molar-refractivity contribution in [1.29, 1.82) is 0 Å². The summed E-state index contributed by atoms with van der Waals surface area (Å²) in [5.74, 6) is -0.129. The molecule has 1 amide bonds. The van der Waals surface area contributed by atoms with Gasteiger partial charge in [-0.1, -0.05) is 0 Å². The summed E-state index contributed by atoms with van der Waals surface area (Å²) in [7, 11) is 1.64. The number of anilines is 2. The van der Waals surface area contributed by atoms with E-state index >= 15 is 0 Å². The van der Waals surface area contributed by atoms with Crippen molar-refractivity contribution in [3.05, 3.63) is 70.8 Å². The number of rotatable bonds is 6. The van der Waals surface area contributed by atoms with E-state index in [1.165, 1.54) is 41.1 Å². The van der Waals surface area contributed by atoms with E-state index in [9.17, 15) is 18.4 Å². The Morgan fingerprint density at radius 2 is 2.00 bits per heavy atom. The SMILES string of the molecule is Cn1ccc(-c2cc(C(=O)Nc3ccc(OC(F)(F)Cl)cc3)cnc2N2CCCO2)cc1=O. The highest BCUT2D eigenvalue weighted by Crippen LogP contribution is 2.31. The molecule has 33 heavy (non-hydrogen) atoms. The first-order valence-corrected chi connectivity index (χ1v) is 10.3. The molecular formula is C22H19ClF2N4O4. The van der Waals surface area contributed by atoms with Crippen LogP contribution >= 0.6 is 11.6 Å². The molecule has 1 N–H and O–H groups in total. The summed E-state index contributed by atoms with van der Waals surface area (Å²) < 4.78 is 31.2. The molecule has 2 aromatic heterocycles. The predicted molar refractivity (Wildman–Crippen MR) is 119 cm³/mol. The zero-order valence-electron chi connectivity index (χ0n) is 17.4. The minimum atomic E-state index is -3.83. The molecule has 0 radical (unpaired) electrons. The van der Waals surface area contributed by atoms with Crippen LogP contribution in [0.4, 0.5) is 20.3 Å². The second-order valence-electron chi connectivity index (χ2n) is 7.27. The van der Waals surface area contributed by atoms with Gasteiger partial charge in [-0.25, -0.2) is 10.0 Å². The molecule has 3 heterocycles. The molecule has 1 aliphatic rings. The standard InChI is InChI=1S/C22H19ClF2N4O4/c1-28-9-7-14(12-19(28)30)18-11-15(13-26-20(18)29-8-2-10-32-29)21(31)27-16-3-5-17(6-4-16)33-22(23,24)25/h3-7,9,11-13H,2,8,10H2,1H3,(H,27,31). The van der Waals surface area contributed by atoms with Gasteiger partial charge >= 0.3 is 5.57 Å². The number of aromatic nitrogens is 2. The lowest BCUT2D eigenvalue weighted by Gasteiger charge is -2.19. The van der Waals surface area contributed by atoms with Gasteiger partial charge in [0, 0.05) is 54.9 Å². The lowest BCUT2D eigenvalue weighted by atomic mass is 10.1. The quantitative estimate of drug-likeness (QED) is 0.541. The van der Waals surface area contributed by atoms with E-state index in [1.807, 2.05) is 0 Å². The maximum atomic E-state index is 12.8. The van der Waals surface area contributed by atoms with Crippen molar-refractivity contribution in [2.75, 3.05) is 23.5 Å². The van der Waals surface area contributed by atoms with Crippen LogP contribution in [0.2, 0.25) is 0 Å². The third kappa shape index (κ3) is 5.47. The Bertz CT molecular complexity index is 1220. The molecule has 1 saturated heterocycles. The molecule has 0 atom stereocenters. The first-order chi connectivity index (χ1) is 15.7. The van der Waals surface area contributed by atoms with E-state index in [-0.39, 0.29) is 16.9 Å². The fourth-order valence-corrected chi connectivity index (χ4v) is 3.36. The third-order valence-electron chi connectivity index (χ3n) is 4.88. The number of carbonyl (C=O) groups is 1. The molecule has 8 nitrogen and oxygen atoms in total. The van der Waals surface area contributed by atoms with Gasteiger partial charge in [-0.2, -0.15) is 0 Å². The third-order valence-corrected chi connectivity index (χ3v) is 4.96. The van der Waals surface area contributed by atoms with E-state index in [0.717, 1.165) is 6.42 Å². The Balaban J connectivity index is 1.61. The lowest BCUT2D eigenvalue weighted by molar-refractivity contribution is -0.0964. The molecule has 0 unspecified atom stereocenters. The molecular weight excluding hydrogens is 458 g/mol. The van der Waals surface area contributed by atoms with Crippen LogP contribution in [-0.4, -0.2) is 34.2 Å². The van der Waals surface area contributed by atoms with Gasteiger partial charge in [-0.15, -0.1) is 8.78 Å². The van der Waals surface area contributed by atoms with Crippen LogP contribution in [0.3, 0.4) is 0 Å². The normalized spacial score (nSPS) is 13.8. The molecule has 11 heteroatoms. The van der Waals surface area contributed by atoms with Crippen molar-refractivity contribution in [3.63, 3.8) is 0 Å². The summed E-state index contributed by atoms with van der Waals surface area (Å²) >= 11 is 4.75. The van der Waals surface area contributed by atoms with Crippen molar-refractivity contribution in [2.24, 2.45) is 7.05 Å². The Kier molecular flexibility index (Phi) is 6.30. The molecule has 1 fully saturated rings. The van der Waals surface area contributed by atoms with Crippen molar-refractivity contribution in [3.8, 4) is 16.9 Å². The Labute approximate surface area is 192 Å². The van der Waals surface area contributed by atoms with Crippen LogP contribution in [0.5, 0.6) is 5.75 Å². The van der Waals surface area contributed by atoms with Gasteiger partial charge in [0.2, 0.25) is 0 Å². The second-order valence-corrected chi connectivity index (χ2v) is 7.71. The highest BCUT2D eigenvalue weighted by molar-refractivity contribution is 6.20. The molecule has 0 aliphatic carbocycles. The first-order valence-electron chi connectivity index (χ1n) is 9.94. The van der Waals surface area contributed by atoms with Gasteiger partial charge in [-0.05, 0) is 48.4 Å². The summed E-state index contributed by atoms with van der Waals surface area (Å²) in [5.41, 5.74) is -2.29. The summed E-state index contributed by atoms with van der Waals surface area (Å²) in [4.78, 5) is 35.0. The number of halogens is 3. The van der Waals surface area contributed by atoms with Crippen LogP contribution in [0.15, 0.2) is 59.7 Å². The fourth-order valence-electron chi connectivity index (χ4n) is 3.27. The van der Waals surface area contributed by atoms with Gasteiger partial charge in [0.15, 0.2) is 5.82 Å². The Morgan fingerprint density at radius 1 is 1.24 bits per heavy atom. The number of aryl methyl sites for hydroxylation is 1. The minimum absolute atomic E-state index is 0.155. The van der Waals surface area contributed by atoms with Crippen LogP contribution in [0.1, 0.15) is 16.8 Å². The highest BCUT2D eigenvalue weighted by Gasteiger charge is 2.27. The average Bonchev–Trinajstić information content (AvgIpc) is 3.30. The molecule has 0 saturated carbocycles. The summed E-state index contributed by atoms with van der Waals surface area (Å²) in [6.45, 7) is 1.18. The topological polar surface area (TPSA) is 85.7 Å². The number of nitrogens with zero attached hydrogens (tertiary/aromatic N) is 3. The molecule has 3 aromatic rings. The van der Waals surface area contributed by atoms with Crippen molar-refractivity contribution in [1.82, 2.24) is 9.55 Å². The van der Waals surface area contributed by atoms with E-state index < -0.39 is 11.5 Å². The van der Waals surface area contributed by atoms with Crippen LogP contribution in [-0.2, 0) is 11.9 Å². The number of hydroxylamine groups is 1. The highest BCUT2D eigenvalue weighted by atomic mass is 35.5. The largest absolute Gasteiger partial charge is 0.487 e. The van der Waals surface area contributed by atoms with E-state index in [4.69, 9.17) is 16.4 Å². The van der Waals surface area contributed by atoms with Crippen LogP contribution in [0, 0.1) is 0 Å². The predicted octanol–water partition coefficient (Wildman–Crippen LogP) is 4.01. The number of benzene rings is 1. The number of ether oxygens (including phenoxy) is 1. The van der Waals surface area contributed by atoms with E-state index in [0.29, 0.717) is 35.8 Å². The molecule has 4 rings (SSSR count). The van der Waals surface area contributed by atoms with Crippen molar-refractivity contribution >= 4 is 29.0 Å². The van der Waals surface area contributed by atoms with Gasteiger partial charge in [0.05, 0.1) is 12.2 Å². The summed E-state index contributed by atoms with van der Waals surface area (Å²) in [6, 6.07) is 10.1. The minimum Gasteiger partial charge on any atom is -0.420 e. The van der Waals surface area contributed by atoms with E-state index in [1.54, 1.807) is 30.4 Å². The van der Waals surface area contributed by atoms with Gasteiger partial charge in [-0.3, -0.25) is 14.4 Å². The zero-order valence-corrected chi connectivity index (χ0v) is 18.2. The van der Waals surface area contributed by atoms with Crippen molar-refractivity contribution < 1.29 is 23.1 Å². The first kappa shape index (κ1) is 22.7. The summed E-state index contributed by atoms with van der Waals surface area (Å²) in [5, 5.41) is 4.31. The fraction of sp³-hybridized carbons (Fsp3) is 0.227. The van der Waals surface area contributed by atoms with Crippen molar-refractivity contribution in [2.45, 2.75) is 12.0 Å². The van der Waals surface area contributed by atoms with Gasteiger partial charge in [0.1, 0.15) is 5.75 Å². The van der Waals surface area contributed by atoms with Gasteiger partial charge in [0.25, 0.3) is 11.5 Å². The number of hydrogen-bond acceptors (Lipinski definition) is 6. The van der Waals surface area contributed by atoms with E-state index in [2.05, 4.69) is 15.0 Å². The number of amides is 1. The summed E-state index contributed by atoms with van der Waals surface area (Å²) in [6.07, 6.45) is 3.87. The number of pyridine rings is 2. The number of carbonyl (C=O) groups excluding carboxylic acids is 1. The smallest absolute Gasteiger partial charge is 0.420 e. The number of nitrogens with one attached hydrogen (secondary N) is 1. The monoisotopic (exact) mass is 476 g/mol.